The van der Waals surface area contributed by atoms with Crippen LogP contribution in [0.15, 0.2) is 48.8 Å². The van der Waals surface area contributed by atoms with Crippen molar-refractivity contribution >= 4 is 46.7 Å². The van der Waals surface area contributed by atoms with Crippen LogP contribution in [0.1, 0.15) is 10.4 Å². The Kier molecular flexibility index (Phi) is 5.87. The minimum absolute atomic E-state index is 0.0167. The highest BCUT2D eigenvalue weighted by Gasteiger charge is 2.31. The molecule has 2 aromatic carbocycles. The number of nitrogens with zero attached hydrogens (tertiary/aromatic N) is 4. The molecule has 10 heteroatoms. The van der Waals surface area contributed by atoms with Gasteiger partial charge < -0.3 is 20.3 Å². The maximum Gasteiger partial charge on any atom is 0.251 e. The fourth-order valence-electron chi connectivity index (χ4n) is 2.98. The second-order valence-corrected chi connectivity index (χ2v) is 7.52. The van der Waals surface area contributed by atoms with Gasteiger partial charge in [-0.3, -0.25) is 4.79 Å². The molecule has 3 aromatic rings. The molecular formula is C20H18Cl2N6O2. The second-order valence-electron chi connectivity index (χ2n) is 6.64. The molecule has 0 bridgehead atoms. The van der Waals surface area contributed by atoms with Gasteiger partial charge in [-0.2, -0.15) is 4.98 Å². The van der Waals surface area contributed by atoms with Crippen LogP contribution in [-0.4, -0.2) is 47.1 Å². The van der Waals surface area contributed by atoms with Crippen molar-refractivity contribution in [3.63, 3.8) is 0 Å². The van der Waals surface area contributed by atoms with Crippen molar-refractivity contribution in [1.82, 2.24) is 20.3 Å². The standard InChI is InChI=1S/C20H18Cl2N6O2/c1-23-18(29)12-3-2-4-15(5-12)26-19-24-11-25-20(27-19)28-9-17(10-28)30-16-7-13(21)6-14(22)8-16/h2-8,11,17H,9-10H2,1H3,(H,23,29)(H,24,25,26,27). The van der Waals surface area contributed by atoms with E-state index in [1.54, 1.807) is 43.4 Å². The van der Waals surface area contributed by atoms with Crippen molar-refractivity contribution in [1.29, 1.82) is 0 Å². The van der Waals surface area contributed by atoms with Crippen LogP contribution >= 0.6 is 23.2 Å². The number of carbonyl (C=O) groups is 1. The van der Waals surface area contributed by atoms with Gasteiger partial charge in [-0.15, -0.1) is 0 Å². The lowest BCUT2D eigenvalue weighted by atomic mass is 10.2. The Labute approximate surface area is 183 Å². The number of hydrogen-bond donors (Lipinski definition) is 2. The van der Waals surface area contributed by atoms with Crippen LogP contribution in [0.2, 0.25) is 10.0 Å². The van der Waals surface area contributed by atoms with Crippen LogP contribution in [-0.2, 0) is 0 Å². The highest BCUT2D eigenvalue weighted by molar-refractivity contribution is 6.34. The number of benzene rings is 2. The minimum Gasteiger partial charge on any atom is -0.487 e. The Morgan fingerprint density at radius 2 is 1.90 bits per heavy atom. The van der Waals surface area contributed by atoms with Gasteiger partial charge in [-0.1, -0.05) is 29.3 Å². The van der Waals surface area contributed by atoms with Crippen molar-refractivity contribution in [2.75, 3.05) is 30.4 Å². The lowest BCUT2D eigenvalue weighted by Crippen LogP contribution is -2.54. The summed E-state index contributed by atoms with van der Waals surface area (Å²) in [6.45, 7) is 1.25. The van der Waals surface area contributed by atoms with Crippen molar-refractivity contribution in [3.8, 4) is 5.75 Å². The SMILES string of the molecule is CNC(=O)c1cccc(Nc2ncnc(N3CC(Oc4cc(Cl)cc(Cl)c4)C3)n2)c1. The topological polar surface area (TPSA) is 92.3 Å². The molecule has 1 aromatic heterocycles. The Balaban J connectivity index is 1.38. The lowest BCUT2D eigenvalue weighted by molar-refractivity contribution is 0.0963. The molecule has 0 spiro atoms. The monoisotopic (exact) mass is 444 g/mol. The Bertz CT molecular complexity index is 1050. The Morgan fingerprint density at radius 3 is 2.63 bits per heavy atom. The maximum absolute atomic E-state index is 11.8. The highest BCUT2D eigenvalue weighted by Crippen LogP contribution is 2.27. The van der Waals surface area contributed by atoms with Crippen molar-refractivity contribution in [3.05, 3.63) is 64.4 Å². The molecule has 1 aliphatic heterocycles. The lowest BCUT2D eigenvalue weighted by Gasteiger charge is -2.38. The number of amides is 1. The molecule has 0 atom stereocenters. The number of ether oxygens (including phenoxy) is 1. The van der Waals surface area contributed by atoms with Gasteiger partial charge in [0.1, 0.15) is 18.2 Å². The summed E-state index contributed by atoms with van der Waals surface area (Å²) in [5, 5.41) is 6.76. The molecule has 8 nitrogen and oxygen atoms in total. The van der Waals surface area contributed by atoms with Crippen LogP contribution in [0.5, 0.6) is 5.75 Å². The van der Waals surface area contributed by atoms with E-state index < -0.39 is 0 Å². The second kappa shape index (κ2) is 8.73. The fraction of sp³-hybridized carbons (Fsp3) is 0.200. The van der Waals surface area contributed by atoms with E-state index in [2.05, 4.69) is 25.6 Å². The summed E-state index contributed by atoms with van der Waals surface area (Å²) >= 11 is 12.0. The molecule has 0 radical (unpaired) electrons. The van der Waals surface area contributed by atoms with Crippen LogP contribution < -0.4 is 20.3 Å². The smallest absolute Gasteiger partial charge is 0.251 e. The quantitative estimate of drug-likeness (QED) is 0.600. The van der Waals surface area contributed by atoms with E-state index in [0.29, 0.717) is 52.0 Å². The van der Waals surface area contributed by atoms with Crippen molar-refractivity contribution in [2.24, 2.45) is 0 Å². The third-order valence-electron chi connectivity index (χ3n) is 4.44. The van der Waals surface area contributed by atoms with Crippen LogP contribution in [0.4, 0.5) is 17.6 Å². The zero-order chi connectivity index (χ0) is 21.1. The molecule has 0 aliphatic carbocycles. The molecule has 1 amide bonds. The number of aromatic nitrogens is 3. The van der Waals surface area contributed by atoms with Gasteiger partial charge in [0, 0.05) is 28.3 Å². The van der Waals surface area contributed by atoms with Gasteiger partial charge in [-0.05, 0) is 36.4 Å². The first-order valence-electron chi connectivity index (χ1n) is 9.16. The minimum atomic E-state index is -0.164. The first-order chi connectivity index (χ1) is 14.5. The third-order valence-corrected chi connectivity index (χ3v) is 4.87. The summed E-state index contributed by atoms with van der Waals surface area (Å²) in [6.07, 6.45) is 1.43. The van der Waals surface area contributed by atoms with Crippen LogP contribution in [0, 0.1) is 0 Å². The summed E-state index contributed by atoms with van der Waals surface area (Å²) in [4.78, 5) is 26.6. The van der Waals surface area contributed by atoms with E-state index in [9.17, 15) is 4.79 Å². The van der Waals surface area contributed by atoms with E-state index >= 15 is 0 Å². The number of halogens is 2. The first kappa shape index (κ1) is 20.2. The molecule has 4 rings (SSSR count). The summed E-state index contributed by atoms with van der Waals surface area (Å²) in [5.74, 6) is 1.40. The molecular weight excluding hydrogens is 427 g/mol. The van der Waals surface area contributed by atoms with E-state index in [-0.39, 0.29) is 12.0 Å². The first-order valence-corrected chi connectivity index (χ1v) is 9.91. The van der Waals surface area contributed by atoms with E-state index in [1.165, 1.54) is 6.33 Å². The van der Waals surface area contributed by atoms with Gasteiger partial charge in [0.15, 0.2) is 0 Å². The summed E-state index contributed by atoms with van der Waals surface area (Å²) < 4.78 is 5.90. The van der Waals surface area contributed by atoms with Crippen LogP contribution in [0.3, 0.4) is 0 Å². The molecule has 2 heterocycles. The van der Waals surface area contributed by atoms with Gasteiger partial charge in [0.05, 0.1) is 13.1 Å². The maximum atomic E-state index is 11.8. The predicted octanol–water partition coefficient (Wildman–Crippen LogP) is 3.55. The number of hydrogen-bond acceptors (Lipinski definition) is 7. The van der Waals surface area contributed by atoms with E-state index in [1.807, 2.05) is 11.0 Å². The average molecular weight is 445 g/mol. The largest absolute Gasteiger partial charge is 0.487 e. The Hall–Kier alpha value is -3.10. The third kappa shape index (κ3) is 4.72. The van der Waals surface area contributed by atoms with Gasteiger partial charge in [0.2, 0.25) is 11.9 Å². The van der Waals surface area contributed by atoms with E-state index in [0.717, 1.165) is 0 Å². The zero-order valence-corrected chi connectivity index (χ0v) is 17.5. The molecule has 1 saturated heterocycles. The molecule has 1 aliphatic rings. The van der Waals surface area contributed by atoms with Gasteiger partial charge >= 0.3 is 0 Å². The molecule has 154 valence electrons. The van der Waals surface area contributed by atoms with Gasteiger partial charge in [-0.25, -0.2) is 9.97 Å². The summed E-state index contributed by atoms with van der Waals surface area (Å²) in [5.41, 5.74) is 1.25. The molecule has 0 unspecified atom stereocenters. The number of carbonyl (C=O) groups excluding carboxylic acids is 1. The number of nitrogens with one attached hydrogen (secondary N) is 2. The molecule has 1 fully saturated rings. The van der Waals surface area contributed by atoms with Crippen LogP contribution in [0.25, 0.3) is 0 Å². The average Bonchev–Trinajstić information content (AvgIpc) is 2.69. The predicted molar refractivity (Wildman–Crippen MR) is 116 cm³/mol. The Morgan fingerprint density at radius 1 is 1.13 bits per heavy atom. The molecule has 30 heavy (non-hydrogen) atoms. The van der Waals surface area contributed by atoms with E-state index in [4.69, 9.17) is 27.9 Å². The highest BCUT2D eigenvalue weighted by atomic mass is 35.5. The summed E-state index contributed by atoms with van der Waals surface area (Å²) in [6, 6.07) is 12.2. The number of anilines is 3. The van der Waals surface area contributed by atoms with Crippen molar-refractivity contribution < 1.29 is 9.53 Å². The zero-order valence-electron chi connectivity index (χ0n) is 16.0. The molecule has 0 saturated carbocycles. The summed E-state index contributed by atoms with van der Waals surface area (Å²) in [7, 11) is 1.59. The van der Waals surface area contributed by atoms with Crippen molar-refractivity contribution in [2.45, 2.75) is 6.10 Å². The normalized spacial score (nSPS) is 13.5. The fourth-order valence-corrected chi connectivity index (χ4v) is 3.48. The van der Waals surface area contributed by atoms with Gasteiger partial charge in [0.25, 0.3) is 5.91 Å². The molecule has 2 N–H and O–H groups in total. The number of rotatable bonds is 6.